The minimum Gasteiger partial charge on any atom is -0.478 e. The van der Waals surface area contributed by atoms with Crippen LogP contribution < -0.4 is 0 Å². The third-order valence-corrected chi connectivity index (χ3v) is 7.23. The Kier molecular flexibility index (Phi) is 4.36. The summed E-state index contributed by atoms with van der Waals surface area (Å²) in [6.07, 6.45) is 9.20. The van der Waals surface area contributed by atoms with Crippen LogP contribution >= 0.6 is 0 Å². The van der Waals surface area contributed by atoms with Gasteiger partial charge in [-0.3, -0.25) is 0 Å². The van der Waals surface area contributed by atoms with Gasteiger partial charge in [0.15, 0.2) is 0 Å². The Morgan fingerprint density at radius 2 is 1.92 bits per heavy atom. The summed E-state index contributed by atoms with van der Waals surface area (Å²) >= 11 is 0. The molecule has 3 rings (SSSR count). The summed E-state index contributed by atoms with van der Waals surface area (Å²) in [5.41, 5.74) is 2.27. The van der Waals surface area contributed by atoms with Gasteiger partial charge in [-0.15, -0.1) is 0 Å². The minimum absolute atomic E-state index is 0.0102. The van der Waals surface area contributed by atoms with Crippen LogP contribution in [0.1, 0.15) is 41.5 Å². The maximum atomic E-state index is 11.2. The molecule has 1 heterocycles. The first-order chi connectivity index (χ1) is 12.1. The molecule has 1 aliphatic heterocycles. The van der Waals surface area contributed by atoms with E-state index in [0.29, 0.717) is 0 Å². The lowest BCUT2D eigenvalue weighted by Crippen LogP contribution is -2.53. The molecule has 0 amide bonds. The molecule has 2 N–H and O–H groups in total. The molecule has 142 valence electrons. The number of carbonyl (C=O) groups is 1. The fourth-order valence-corrected chi connectivity index (χ4v) is 6.14. The van der Waals surface area contributed by atoms with Gasteiger partial charge in [0.05, 0.1) is 18.8 Å². The van der Waals surface area contributed by atoms with E-state index in [4.69, 9.17) is 9.84 Å². The lowest BCUT2D eigenvalue weighted by molar-refractivity contribution is -0.131. The lowest BCUT2D eigenvalue weighted by Gasteiger charge is -2.52. The second-order valence-electron chi connectivity index (χ2n) is 8.65. The van der Waals surface area contributed by atoms with E-state index in [1.807, 2.05) is 19.9 Å². The molecule has 0 aromatic rings. The van der Waals surface area contributed by atoms with Gasteiger partial charge in [0.25, 0.3) is 0 Å². The van der Waals surface area contributed by atoms with Crippen molar-refractivity contribution in [3.05, 3.63) is 47.1 Å². The predicted molar refractivity (Wildman–Crippen MR) is 102 cm³/mol. The van der Waals surface area contributed by atoms with E-state index in [9.17, 15) is 9.90 Å². The zero-order chi connectivity index (χ0) is 19.5. The van der Waals surface area contributed by atoms with Crippen LogP contribution in [0.5, 0.6) is 0 Å². The highest BCUT2D eigenvalue weighted by Gasteiger charge is 2.71. The van der Waals surface area contributed by atoms with Gasteiger partial charge >= 0.3 is 5.97 Å². The van der Waals surface area contributed by atoms with Crippen molar-refractivity contribution in [1.82, 2.24) is 0 Å². The highest BCUT2D eigenvalue weighted by Crippen LogP contribution is 2.71. The average molecular weight is 358 g/mol. The van der Waals surface area contributed by atoms with E-state index in [2.05, 4.69) is 39.8 Å². The van der Waals surface area contributed by atoms with Crippen LogP contribution in [0.25, 0.3) is 0 Å². The van der Waals surface area contributed by atoms with Crippen molar-refractivity contribution in [2.45, 2.75) is 53.8 Å². The average Bonchev–Trinajstić information content (AvgIpc) is 2.93. The number of ether oxygens (including phenoxy) is 1. The Bertz CT molecular complexity index is 758. The number of carboxylic acid groups (broad SMARTS) is 1. The predicted octanol–water partition coefficient (Wildman–Crippen LogP) is 3.89. The van der Waals surface area contributed by atoms with Crippen molar-refractivity contribution >= 4 is 5.97 Å². The standard InChI is InChI=1S/C22H30O4/c1-7-13(2)18-20(5)10-14(3)17-21(20,6)19(26-18)15(4)11-22(17,12-23)9-8-16(24)25/h7-11,17-19,23H,12H2,1-6H3,(H,24,25)/b9-8+,13-7-. The summed E-state index contributed by atoms with van der Waals surface area (Å²) in [6, 6.07) is 0. The minimum atomic E-state index is -0.996. The van der Waals surface area contributed by atoms with Crippen LogP contribution in [0.4, 0.5) is 0 Å². The number of hydrogen-bond donors (Lipinski definition) is 2. The van der Waals surface area contributed by atoms with Gasteiger partial charge in [0.1, 0.15) is 0 Å². The second-order valence-corrected chi connectivity index (χ2v) is 8.65. The largest absolute Gasteiger partial charge is 0.478 e. The van der Waals surface area contributed by atoms with Crippen LogP contribution in [0, 0.1) is 22.2 Å². The molecule has 1 fully saturated rings. The van der Waals surface area contributed by atoms with Gasteiger partial charge in [-0.25, -0.2) is 4.79 Å². The van der Waals surface area contributed by atoms with Crippen molar-refractivity contribution in [2.24, 2.45) is 22.2 Å². The zero-order valence-electron chi connectivity index (χ0n) is 16.5. The zero-order valence-corrected chi connectivity index (χ0v) is 16.5. The molecule has 2 aliphatic carbocycles. The number of hydrogen-bond acceptors (Lipinski definition) is 3. The SMILES string of the molecule is C/C=C(/C)C1OC2C(C)=CC(/C=C/C(=O)O)(CO)C3C(C)=CC1(C)C23C. The topological polar surface area (TPSA) is 66.8 Å². The Morgan fingerprint density at radius 1 is 1.27 bits per heavy atom. The number of aliphatic carboxylic acids is 1. The van der Waals surface area contributed by atoms with E-state index < -0.39 is 11.4 Å². The molecule has 4 heteroatoms. The van der Waals surface area contributed by atoms with Gasteiger partial charge in [0.2, 0.25) is 0 Å². The van der Waals surface area contributed by atoms with Crippen molar-refractivity contribution in [3.8, 4) is 0 Å². The van der Waals surface area contributed by atoms with Crippen molar-refractivity contribution in [2.75, 3.05) is 6.61 Å². The number of rotatable bonds is 4. The fraction of sp³-hybridized carbons (Fsp3) is 0.591. The van der Waals surface area contributed by atoms with Crippen LogP contribution in [0.2, 0.25) is 0 Å². The first kappa shape index (κ1) is 19.1. The summed E-state index contributed by atoms with van der Waals surface area (Å²) < 4.78 is 6.58. The van der Waals surface area contributed by atoms with E-state index in [1.165, 1.54) is 11.1 Å². The van der Waals surface area contributed by atoms with Gasteiger partial charge in [-0.2, -0.15) is 0 Å². The van der Waals surface area contributed by atoms with Crippen LogP contribution in [0.3, 0.4) is 0 Å². The number of carboxylic acids is 1. The summed E-state index contributed by atoms with van der Waals surface area (Å²) in [6.45, 7) is 12.6. The van der Waals surface area contributed by atoms with Crippen molar-refractivity contribution in [3.63, 3.8) is 0 Å². The first-order valence-corrected chi connectivity index (χ1v) is 9.27. The molecular formula is C22H30O4. The Morgan fingerprint density at radius 3 is 2.46 bits per heavy atom. The van der Waals surface area contributed by atoms with Gasteiger partial charge < -0.3 is 14.9 Å². The quantitative estimate of drug-likeness (QED) is 0.591. The maximum absolute atomic E-state index is 11.2. The molecule has 0 saturated carbocycles. The van der Waals surface area contributed by atoms with Gasteiger partial charge in [-0.05, 0) is 38.8 Å². The van der Waals surface area contributed by atoms with E-state index in [1.54, 1.807) is 6.08 Å². The summed E-state index contributed by atoms with van der Waals surface area (Å²) in [4.78, 5) is 11.2. The number of allylic oxidation sites excluding steroid dienone is 2. The molecule has 0 spiro atoms. The molecule has 6 unspecified atom stereocenters. The maximum Gasteiger partial charge on any atom is 0.328 e. The molecule has 3 aliphatic rings. The lowest BCUT2D eigenvalue weighted by atomic mass is 9.49. The Labute approximate surface area is 155 Å². The smallest absolute Gasteiger partial charge is 0.328 e. The third-order valence-electron chi connectivity index (χ3n) is 7.23. The molecule has 0 bridgehead atoms. The summed E-state index contributed by atoms with van der Waals surface area (Å²) in [5, 5.41) is 19.5. The van der Waals surface area contributed by atoms with E-state index in [0.717, 1.165) is 11.6 Å². The van der Waals surface area contributed by atoms with Gasteiger partial charge in [0, 0.05) is 28.2 Å². The number of aliphatic hydroxyl groups is 1. The van der Waals surface area contributed by atoms with Crippen molar-refractivity contribution < 1.29 is 19.7 Å². The first-order valence-electron chi connectivity index (χ1n) is 9.27. The fourth-order valence-electron chi connectivity index (χ4n) is 6.14. The molecule has 0 aromatic carbocycles. The molecule has 6 atom stereocenters. The molecular weight excluding hydrogens is 328 g/mol. The highest BCUT2D eigenvalue weighted by molar-refractivity contribution is 5.80. The third kappa shape index (κ3) is 2.18. The molecule has 0 aromatic heterocycles. The summed E-state index contributed by atoms with van der Waals surface area (Å²) in [7, 11) is 0. The highest BCUT2D eigenvalue weighted by atomic mass is 16.5. The van der Waals surface area contributed by atoms with Crippen LogP contribution in [0.15, 0.2) is 47.1 Å². The Balaban J connectivity index is 2.24. The number of aliphatic hydroxyl groups excluding tert-OH is 1. The van der Waals surface area contributed by atoms with E-state index >= 15 is 0 Å². The Hall–Kier alpha value is -1.65. The van der Waals surface area contributed by atoms with Gasteiger partial charge in [-0.1, -0.05) is 43.7 Å². The van der Waals surface area contributed by atoms with E-state index in [-0.39, 0.29) is 35.6 Å². The molecule has 26 heavy (non-hydrogen) atoms. The monoisotopic (exact) mass is 358 g/mol. The molecule has 4 nitrogen and oxygen atoms in total. The van der Waals surface area contributed by atoms with Crippen LogP contribution in [-0.4, -0.2) is 35.0 Å². The second kappa shape index (κ2) is 5.93. The van der Waals surface area contributed by atoms with Crippen molar-refractivity contribution in [1.29, 1.82) is 0 Å². The van der Waals surface area contributed by atoms with Crippen LogP contribution in [-0.2, 0) is 9.53 Å². The molecule has 1 saturated heterocycles. The summed E-state index contributed by atoms with van der Waals surface area (Å²) in [5.74, 6) is -1.01. The normalized spacial score (nSPS) is 44.9. The molecule has 0 radical (unpaired) electrons.